The van der Waals surface area contributed by atoms with Gasteiger partial charge in [0.1, 0.15) is 5.94 Å². The summed E-state index contributed by atoms with van der Waals surface area (Å²) < 4.78 is 0. The Balaban J connectivity index is 3.71. The second kappa shape index (κ2) is 4.34. The van der Waals surface area contributed by atoms with Crippen LogP contribution in [0.25, 0.3) is 0 Å². The average Bonchev–Trinajstić information content (AvgIpc) is 1.87. The summed E-state index contributed by atoms with van der Waals surface area (Å²) in [7, 11) is 0. The molecule has 0 saturated heterocycles. The van der Waals surface area contributed by atoms with E-state index < -0.39 is 0 Å². The fourth-order valence-electron chi connectivity index (χ4n) is 0.643. The summed E-state index contributed by atoms with van der Waals surface area (Å²) in [6.07, 6.45) is 2.72. The highest BCUT2D eigenvalue weighted by atomic mass is 16.1. The van der Waals surface area contributed by atoms with Gasteiger partial charge in [0.15, 0.2) is 0 Å². The van der Waals surface area contributed by atoms with E-state index in [4.69, 9.17) is 0 Å². The highest BCUT2D eigenvalue weighted by Gasteiger charge is 2.05. The van der Waals surface area contributed by atoms with Crippen LogP contribution in [-0.4, -0.2) is 5.94 Å². The lowest BCUT2D eigenvalue weighted by Gasteiger charge is -2.10. The van der Waals surface area contributed by atoms with E-state index in [0.717, 1.165) is 6.42 Å². The zero-order valence-electron chi connectivity index (χ0n) is 6.35. The number of rotatable bonds is 3. The van der Waals surface area contributed by atoms with Gasteiger partial charge >= 0.3 is 0 Å². The minimum absolute atomic E-state index is 0.382. The topological polar surface area (TPSA) is 17.1 Å². The van der Waals surface area contributed by atoms with Crippen molar-refractivity contribution in [2.24, 2.45) is 11.8 Å². The first-order chi connectivity index (χ1) is 4.22. The van der Waals surface area contributed by atoms with Gasteiger partial charge in [-0.2, -0.15) is 0 Å². The molecule has 0 aliphatic rings. The van der Waals surface area contributed by atoms with E-state index in [1.54, 1.807) is 6.08 Å². The molecule has 0 aromatic heterocycles. The van der Waals surface area contributed by atoms with Crippen molar-refractivity contribution in [3.8, 4) is 0 Å². The normalized spacial score (nSPS) is 15.9. The van der Waals surface area contributed by atoms with Crippen LogP contribution in [0.1, 0.15) is 27.2 Å². The SMILES string of the molecule is CCC(C)C(C)C=C=O. The molecule has 0 N–H and O–H groups in total. The van der Waals surface area contributed by atoms with Gasteiger partial charge < -0.3 is 0 Å². The standard InChI is InChI=1S/C8H14O/c1-4-7(2)8(3)5-6-9/h5,7-8H,4H2,1-3H3. The smallest absolute Gasteiger partial charge is 0.120 e. The summed E-state index contributed by atoms with van der Waals surface area (Å²) in [6.45, 7) is 6.30. The van der Waals surface area contributed by atoms with Crippen molar-refractivity contribution >= 4 is 5.94 Å². The Hall–Kier alpha value is -0.550. The van der Waals surface area contributed by atoms with Gasteiger partial charge in [0.25, 0.3) is 0 Å². The molecule has 0 spiro atoms. The van der Waals surface area contributed by atoms with Gasteiger partial charge in [-0.3, -0.25) is 0 Å². The van der Waals surface area contributed by atoms with Crippen molar-refractivity contribution in [3.63, 3.8) is 0 Å². The van der Waals surface area contributed by atoms with E-state index in [1.807, 2.05) is 12.9 Å². The molecule has 0 radical (unpaired) electrons. The van der Waals surface area contributed by atoms with Crippen LogP contribution in [0.3, 0.4) is 0 Å². The first-order valence-corrected chi connectivity index (χ1v) is 3.43. The molecule has 0 aromatic carbocycles. The van der Waals surface area contributed by atoms with Crippen LogP contribution in [-0.2, 0) is 4.79 Å². The van der Waals surface area contributed by atoms with Gasteiger partial charge in [0.05, 0.1) is 0 Å². The van der Waals surface area contributed by atoms with E-state index in [9.17, 15) is 4.79 Å². The third-order valence-corrected chi connectivity index (χ3v) is 1.87. The Morgan fingerprint density at radius 3 is 2.44 bits per heavy atom. The van der Waals surface area contributed by atoms with E-state index in [0.29, 0.717) is 11.8 Å². The van der Waals surface area contributed by atoms with Crippen LogP contribution in [0.5, 0.6) is 0 Å². The molecular weight excluding hydrogens is 112 g/mol. The van der Waals surface area contributed by atoms with Crippen LogP contribution in [0.4, 0.5) is 0 Å². The van der Waals surface area contributed by atoms with Gasteiger partial charge in [-0.1, -0.05) is 27.2 Å². The maximum atomic E-state index is 9.86. The van der Waals surface area contributed by atoms with Crippen molar-refractivity contribution in [2.75, 3.05) is 0 Å². The minimum atomic E-state index is 0.382. The summed E-state index contributed by atoms with van der Waals surface area (Å²) in [5.74, 6) is 2.79. The van der Waals surface area contributed by atoms with E-state index in [1.165, 1.54) is 0 Å². The second-order valence-electron chi connectivity index (χ2n) is 2.53. The summed E-state index contributed by atoms with van der Waals surface area (Å²) >= 11 is 0. The van der Waals surface area contributed by atoms with Crippen LogP contribution in [0.15, 0.2) is 6.08 Å². The van der Waals surface area contributed by atoms with Crippen molar-refractivity contribution in [2.45, 2.75) is 27.2 Å². The van der Waals surface area contributed by atoms with E-state index >= 15 is 0 Å². The minimum Gasteiger partial charge on any atom is -0.234 e. The van der Waals surface area contributed by atoms with E-state index in [-0.39, 0.29) is 0 Å². The molecule has 2 atom stereocenters. The molecule has 0 aliphatic carbocycles. The number of carbonyl (C=O) groups excluding carboxylic acids is 1. The lowest BCUT2D eigenvalue weighted by molar-refractivity contribution is 0.446. The zero-order chi connectivity index (χ0) is 7.28. The van der Waals surface area contributed by atoms with Crippen molar-refractivity contribution in [1.29, 1.82) is 0 Å². The molecule has 0 saturated carbocycles. The monoisotopic (exact) mass is 126 g/mol. The summed E-state index contributed by atoms with van der Waals surface area (Å²) in [4.78, 5) is 9.86. The van der Waals surface area contributed by atoms with Crippen molar-refractivity contribution in [3.05, 3.63) is 6.08 Å². The number of hydrogen-bond donors (Lipinski definition) is 0. The fourth-order valence-corrected chi connectivity index (χ4v) is 0.643. The van der Waals surface area contributed by atoms with Crippen molar-refractivity contribution < 1.29 is 4.79 Å². The quantitative estimate of drug-likeness (QED) is 0.529. The average molecular weight is 126 g/mol. The molecule has 0 bridgehead atoms. The second-order valence-corrected chi connectivity index (χ2v) is 2.53. The lowest BCUT2D eigenvalue weighted by Crippen LogP contribution is -2.02. The van der Waals surface area contributed by atoms with Gasteiger partial charge in [-0.25, -0.2) is 4.79 Å². The third-order valence-electron chi connectivity index (χ3n) is 1.87. The first-order valence-electron chi connectivity index (χ1n) is 3.43. The number of allylic oxidation sites excluding steroid dienone is 1. The molecule has 2 unspecified atom stereocenters. The molecule has 0 aromatic rings. The fraction of sp³-hybridized carbons (Fsp3) is 0.750. The van der Waals surface area contributed by atoms with Gasteiger partial charge in [-0.15, -0.1) is 0 Å². The largest absolute Gasteiger partial charge is 0.234 e. The Kier molecular flexibility index (Phi) is 4.08. The summed E-state index contributed by atoms with van der Waals surface area (Å²) in [5.41, 5.74) is 0. The lowest BCUT2D eigenvalue weighted by atomic mass is 9.94. The molecule has 0 fully saturated rings. The molecule has 9 heavy (non-hydrogen) atoms. The molecule has 52 valence electrons. The Labute approximate surface area is 56.8 Å². The van der Waals surface area contributed by atoms with Crippen LogP contribution in [0, 0.1) is 11.8 Å². The summed E-state index contributed by atoms with van der Waals surface area (Å²) in [5, 5.41) is 0. The Morgan fingerprint density at radius 1 is 1.56 bits per heavy atom. The number of hydrogen-bond acceptors (Lipinski definition) is 1. The van der Waals surface area contributed by atoms with Gasteiger partial charge in [0, 0.05) is 6.08 Å². The predicted molar refractivity (Wildman–Crippen MR) is 38.9 cm³/mol. The van der Waals surface area contributed by atoms with Crippen LogP contribution < -0.4 is 0 Å². The Morgan fingerprint density at radius 2 is 2.11 bits per heavy atom. The summed E-state index contributed by atoms with van der Waals surface area (Å²) in [6, 6.07) is 0. The molecule has 0 aliphatic heterocycles. The predicted octanol–water partition coefficient (Wildman–Crippen LogP) is 2.06. The molecule has 0 rings (SSSR count). The maximum absolute atomic E-state index is 9.86. The zero-order valence-corrected chi connectivity index (χ0v) is 6.35. The van der Waals surface area contributed by atoms with E-state index in [2.05, 4.69) is 13.8 Å². The highest BCUT2D eigenvalue weighted by molar-refractivity contribution is 5.45. The molecule has 1 nitrogen and oxygen atoms in total. The van der Waals surface area contributed by atoms with Gasteiger partial charge in [-0.05, 0) is 11.8 Å². The van der Waals surface area contributed by atoms with Crippen molar-refractivity contribution in [1.82, 2.24) is 0 Å². The van der Waals surface area contributed by atoms with Crippen LogP contribution >= 0.6 is 0 Å². The maximum Gasteiger partial charge on any atom is 0.120 e. The highest BCUT2D eigenvalue weighted by Crippen LogP contribution is 2.13. The molecule has 1 heteroatoms. The molecule has 0 heterocycles. The third kappa shape index (κ3) is 3.10. The first kappa shape index (κ1) is 8.45. The molecular formula is C8H14O. The van der Waals surface area contributed by atoms with Crippen LogP contribution in [0.2, 0.25) is 0 Å². The van der Waals surface area contributed by atoms with Gasteiger partial charge in [0.2, 0.25) is 0 Å². The Bertz CT molecular complexity index is 112. The molecule has 0 amide bonds.